The molecule has 73 heavy (non-hydrogen) atoms. The Morgan fingerprint density at radius 3 is 1.38 bits per heavy atom. The lowest BCUT2D eigenvalue weighted by atomic mass is 9.68. The molecule has 1 nitrogen and oxygen atoms in total. The second-order valence-electron chi connectivity index (χ2n) is 21.5. The molecule has 1 unspecified atom stereocenters. The summed E-state index contributed by atoms with van der Waals surface area (Å²) in [5.74, 6) is 0. The summed E-state index contributed by atoms with van der Waals surface area (Å²) in [5, 5.41) is 0. The van der Waals surface area contributed by atoms with Gasteiger partial charge in [-0.25, -0.2) is 0 Å². The zero-order valence-electron chi connectivity index (χ0n) is 41.4. The molecule has 11 aromatic rings. The summed E-state index contributed by atoms with van der Waals surface area (Å²) in [4.78, 5) is 5.25. The van der Waals surface area contributed by atoms with Crippen LogP contribution in [0.25, 0.3) is 76.5 Å². The third-order valence-corrected chi connectivity index (χ3v) is 18.4. The van der Waals surface area contributed by atoms with Crippen LogP contribution >= 0.6 is 11.3 Å². The molecule has 10 aromatic carbocycles. The largest absolute Gasteiger partial charge is 0.310 e. The van der Waals surface area contributed by atoms with Crippen LogP contribution in [-0.2, 0) is 16.2 Å². The fraction of sp³-hybridized carbons (Fsp3) is 0.0986. The monoisotopic (exact) mass is 949 g/mol. The van der Waals surface area contributed by atoms with Gasteiger partial charge in [-0.05, 0) is 137 Å². The molecule has 1 atom stereocenters. The van der Waals surface area contributed by atoms with Gasteiger partial charge in [0.1, 0.15) is 0 Å². The molecule has 0 bridgehead atoms. The Labute approximate surface area is 432 Å². The number of nitrogens with zero attached hydrogens (tertiary/aromatic N) is 1. The van der Waals surface area contributed by atoms with Crippen LogP contribution in [0.5, 0.6) is 0 Å². The van der Waals surface area contributed by atoms with Gasteiger partial charge in [0, 0.05) is 43.1 Å². The molecule has 0 amide bonds. The van der Waals surface area contributed by atoms with Crippen molar-refractivity contribution in [2.24, 2.45) is 0 Å². The van der Waals surface area contributed by atoms with Crippen LogP contribution in [0.1, 0.15) is 72.2 Å². The highest BCUT2D eigenvalue weighted by Gasteiger charge is 2.55. The maximum atomic E-state index is 2.60. The normalized spacial score (nSPS) is 16.2. The highest BCUT2D eigenvalue weighted by atomic mass is 32.1. The fourth-order valence-corrected chi connectivity index (χ4v) is 15.2. The molecule has 2 heteroatoms. The van der Waals surface area contributed by atoms with E-state index in [4.69, 9.17) is 0 Å². The molecule has 346 valence electrons. The molecule has 0 aliphatic heterocycles. The molecule has 0 saturated carbocycles. The second kappa shape index (κ2) is 15.4. The van der Waals surface area contributed by atoms with Crippen molar-refractivity contribution < 1.29 is 0 Å². The smallest absolute Gasteiger partial charge is 0.0741 e. The van der Waals surface area contributed by atoms with Crippen molar-refractivity contribution >= 4 is 28.4 Å². The maximum absolute atomic E-state index is 2.60. The predicted molar refractivity (Wildman–Crippen MR) is 307 cm³/mol. The van der Waals surface area contributed by atoms with Crippen LogP contribution in [-0.4, -0.2) is 0 Å². The van der Waals surface area contributed by atoms with Gasteiger partial charge >= 0.3 is 0 Å². The van der Waals surface area contributed by atoms with E-state index in [9.17, 15) is 0 Å². The summed E-state index contributed by atoms with van der Waals surface area (Å²) in [7, 11) is 0. The molecule has 0 fully saturated rings. The van der Waals surface area contributed by atoms with Crippen molar-refractivity contribution in [2.75, 3.05) is 4.90 Å². The van der Waals surface area contributed by atoms with Crippen LogP contribution in [0.15, 0.2) is 237 Å². The Morgan fingerprint density at radius 2 is 0.781 bits per heavy atom. The minimum absolute atomic E-state index is 0.172. The van der Waals surface area contributed by atoms with Gasteiger partial charge in [0.25, 0.3) is 0 Å². The van der Waals surface area contributed by atoms with Gasteiger partial charge in [-0.1, -0.05) is 228 Å². The van der Waals surface area contributed by atoms with E-state index in [2.05, 4.69) is 269 Å². The van der Waals surface area contributed by atoms with Crippen molar-refractivity contribution in [3.63, 3.8) is 0 Å². The Morgan fingerprint density at radius 1 is 0.301 bits per heavy atom. The van der Waals surface area contributed by atoms with E-state index < -0.39 is 5.41 Å². The SMILES string of the molecule is CC1(C)c2ccccc2-c2ccc(N(c3ccc4c(c3)C(C)(C)c3ccccc3-4)c3cccc4c3-c3ccccc3C43c4cc(-c5ccccc5)ccc4-c4sc(-c5ccccc5)c(-c5ccccc5)c43)cc21. The van der Waals surface area contributed by atoms with Gasteiger partial charge in [-0.3, -0.25) is 0 Å². The van der Waals surface area contributed by atoms with Crippen LogP contribution in [0.3, 0.4) is 0 Å². The Hall–Kier alpha value is -8.30. The van der Waals surface area contributed by atoms with E-state index in [-0.39, 0.29) is 10.8 Å². The minimum atomic E-state index is -0.638. The minimum Gasteiger partial charge on any atom is -0.310 e. The zero-order valence-corrected chi connectivity index (χ0v) is 42.2. The first-order valence-electron chi connectivity index (χ1n) is 25.8. The first kappa shape index (κ1) is 42.4. The summed E-state index contributed by atoms with van der Waals surface area (Å²) in [5.41, 5.74) is 28.8. The van der Waals surface area contributed by atoms with Gasteiger partial charge in [0.2, 0.25) is 0 Å². The molecule has 0 saturated heterocycles. The molecular weight excluding hydrogens is 899 g/mol. The van der Waals surface area contributed by atoms with E-state index in [1.165, 1.54) is 127 Å². The summed E-state index contributed by atoms with van der Waals surface area (Å²) in [6, 6.07) is 89.7. The maximum Gasteiger partial charge on any atom is 0.0741 e. The van der Waals surface area contributed by atoms with Crippen LogP contribution in [0.4, 0.5) is 17.1 Å². The Balaban J connectivity index is 1.05. The molecule has 4 aliphatic rings. The summed E-state index contributed by atoms with van der Waals surface area (Å²) in [6.07, 6.45) is 0. The van der Waals surface area contributed by atoms with Crippen LogP contribution in [0.2, 0.25) is 0 Å². The first-order chi connectivity index (χ1) is 35.7. The van der Waals surface area contributed by atoms with E-state index >= 15 is 0 Å². The first-order valence-corrected chi connectivity index (χ1v) is 26.6. The summed E-state index contributed by atoms with van der Waals surface area (Å²) < 4.78 is 0. The average Bonchev–Trinajstić information content (AvgIpc) is 4.19. The van der Waals surface area contributed by atoms with Gasteiger partial charge in [0.05, 0.1) is 11.1 Å². The zero-order chi connectivity index (χ0) is 48.8. The van der Waals surface area contributed by atoms with Crippen molar-refractivity contribution in [3.05, 3.63) is 281 Å². The Bertz CT molecular complexity index is 3970. The second-order valence-corrected chi connectivity index (χ2v) is 22.5. The molecule has 0 radical (unpaired) electrons. The number of anilines is 3. The van der Waals surface area contributed by atoms with Crippen molar-refractivity contribution in [1.29, 1.82) is 0 Å². The van der Waals surface area contributed by atoms with E-state index in [1.54, 1.807) is 0 Å². The Kier molecular flexibility index (Phi) is 8.92. The van der Waals surface area contributed by atoms with Crippen molar-refractivity contribution in [2.45, 2.75) is 43.9 Å². The highest BCUT2D eigenvalue weighted by Crippen LogP contribution is 2.69. The number of thiophene rings is 1. The fourth-order valence-electron chi connectivity index (χ4n) is 13.8. The molecule has 0 N–H and O–H groups in total. The lowest BCUT2D eigenvalue weighted by Gasteiger charge is -2.33. The third-order valence-electron chi connectivity index (χ3n) is 17.1. The lowest BCUT2D eigenvalue weighted by Crippen LogP contribution is -2.26. The summed E-state index contributed by atoms with van der Waals surface area (Å²) >= 11 is 1.96. The molecule has 4 aliphatic carbocycles. The third kappa shape index (κ3) is 5.73. The molecule has 15 rings (SSSR count). The van der Waals surface area contributed by atoms with E-state index in [0.29, 0.717) is 0 Å². The quantitative estimate of drug-likeness (QED) is 0.161. The van der Waals surface area contributed by atoms with Crippen molar-refractivity contribution in [3.8, 4) is 76.5 Å². The standard InChI is InChI=1S/C71H51NS/c1-69(2)56-30-17-14-27-50(56)52-39-36-48(42-60(52)69)72(49-37-40-53-51-28-15-18-31-57(51)70(3,4)61(53)43-49)63-34-20-33-59-65(63)54-29-16-19-32-58(54)71(59)62-41-47(44-21-8-5-9-22-44)35-38-55(62)68-66(71)64(45-23-10-6-11-24-45)67(73-68)46-25-12-7-13-26-46/h5-43H,1-4H3. The topological polar surface area (TPSA) is 3.24 Å². The number of hydrogen-bond donors (Lipinski definition) is 0. The highest BCUT2D eigenvalue weighted by molar-refractivity contribution is 7.20. The van der Waals surface area contributed by atoms with Gasteiger partial charge < -0.3 is 4.90 Å². The predicted octanol–water partition coefficient (Wildman–Crippen LogP) is 19.2. The lowest BCUT2D eigenvalue weighted by molar-refractivity contribution is 0.660. The average molecular weight is 950 g/mol. The van der Waals surface area contributed by atoms with Crippen LogP contribution < -0.4 is 4.90 Å². The van der Waals surface area contributed by atoms with Gasteiger partial charge in [-0.2, -0.15) is 0 Å². The van der Waals surface area contributed by atoms with Crippen molar-refractivity contribution in [1.82, 2.24) is 0 Å². The molecular formula is C71H51NS. The van der Waals surface area contributed by atoms with E-state index in [0.717, 1.165) is 11.4 Å². The van der Waals surface area contributed by atoms with Crippen LogP contribution in [0, 0.1) is 0 Å². The number of rotatable bonds is 6. The number of fused-ring (bicyclic) bond motifs is 16. The van der Waals surface area contributed by atoms with Gasteiger partial charge in [0.15, 0.2) is 0 Å². The number of hydrogen-bond acceptors (Lipinski definition) is 2. The van der Waals surface area contributed by atoms with Gasteiger partial charge in [-0.15, -0.1) is 11.3 Å². The summed E-state index contributed by atoms with van der Waals surface area (Å²) in [6.45, 7) is 9.59. The molecule has 1 spiro atoms. The molecule has 1 heterocycles. The number of benzene rings is 10. The molecule has 1 aromatic heterocycles. The van der Waals surface area contributed by atoms with E-state index in [1.807, 2.05) is 11.3 Å².